The average molecular weight is 593 g/mol. The summed E-state index contributed by atoms with van der Waals surface area (Å²) in [5.41, 5.74) is -3.33. The first-order valence-corrected chi connectivity index (χ1v) is 11.7. The summed E-state index contributed by atoms with van der Waals surface area (Å²) in [4.78, 5) is 29.0. The third-order valence-electron chi connectivity index (χ3n) is 6.10. The highest BCUT2D eigenvalue weighted by molar-refractivity contribution is 6.36. The number of anilines is 2. The van der Waals surface area contributed by atoms with Crippen molar-refractivity contribution in [1.29, 1.82) is 0 Å². The molecule has 1 saturated heterocycles. The summed E-state index contributed by atoms with van der Waals surface area (Å²) >= 11 is 13.0. The molecule has 3 aromatic rings. The van der Waals surface area contributed by atoms with Crippen LogP contribution >= 0.6 is 23.2 Å². The maximum Gasteiger partial charge on any atom is 0.416 e. The second kappa shape index (κ2) is 8.98. The number of nitrogens with one attached hydrogen (secondary N) is 2. The molecule has 39 heavy (non-hydrogen) atoms. The van der Waals surface area contributed by atoms with Gasteiger partial charge in [-0.1, -0.05) is 23.2 Å². The van der Waals surface area contributed by atoms with Crippen LogP contribution in [0.1, 0.15) is 37.4 Å². The largest absolute Gasteiger partial charge is 0.416 e. The van der Waals surface area contributed by atoms with Crippen molar-refractivity contribution >= 4 is 46.5 Å². The molecular weight excluding hydrogens is 580 g/mol. The quantitative estimate of drug-likeness (QED) is 0.224. The van der Waals surface area contributed by atoms with Crippen molar-refractivity contribution < 1.29 is 40.3 Å². The Labute approximate surface area is 224 Å². The number of aromatic nitrogens is 1. The van der Waals surface area contributed by atoms with Crippen LogP contribution in [0.4, 0.5) is 42.2 Å². The molecule has 204 valence electrons. The van der Waals surface area contributed by atoms with Gasteiger partial charge >= 0.3 is 6.18 Å². The Morgan fingerprint density at radius 2 is 1.77 bits per heavy atom. The molecule has 1 atom stereocenters. The number of hydrogen-bond donors (Lipinski definition) is 2. The van der Waals surface area contributed by atoms with Gasteiger partial charge in [-0.3, -0.25) is 9.59 Å². The summed E-state index contributed by atoms with van der Waals surface area (Å²) in [6.45, 7) is -1.57. The number of fused-ring (bicyclic) bond motifs is 1. The number of halogens is 9. The average Bonchev–Trinajstić information content (AvgIpc) is 3.10. The van der Waals surface area contributed by atoms with Gasteiger partial charge in [-0.25, -0.2) is 22.5 Å². The predicted molar refractivity (Wildman–Crippen MR) is 126 cm³/mol. The van der Waals surface area contributed by atoms with E-state index in [1.807, 2.05) is 0 Å². The molecule has 1 unspecified atom stereocenters. The number of alkyl halides is 6. The minimum atomic E-state index is -4.96. The van der Waals surface area contributed by atoms with Crippen LogP contribution in [0.3, 0.4) is 0 Å². The van der Waals surface area contributed by atoms with E-state index in [-0.39, 0.29) is 39.3 Å². The zero-order chi connectivity index (χ0) is 28.5. The fourth-order valence-corrected chi connectivity index (χ4v) is 5.14. The minimum Gasteiger partial charge on any atom is -0.344 e. The Morgan fingerprint density at radius 3 is 2.41 bits per heavy atom. The summed E-state index contributed by atoms with van der Waals surface area (Å²) in [6.07, 6.45) is -4.02. The van der Waals surface area contributed by atoms with Gasteiger partial charge in [0.25, 0.3) is 17.7 Å². The van der Waals surface area contributed by atoms with Gasteiger partial charge in [-0.05, 0) is 36.4 Å². The highest BCUT2D eigenvalue weighted by Crippen LogP contribution is 2.49. The zero-order valence-electron chi connectivity index (χ0n) is 19.1. The zero-order valence-corrected chi connectivity index (χ0v) is 20.6. The van der Waals surface area contributed by atoms with E-state index in [0.717, 1.165) is 29.3 Å². The fourth-order valence-electron chi connectivity index (χ4n) is 4.39. The number of hydrogen-bond acceptors (Lipinski definition) is 4. The second-order valence-electron chi connectivity index (χ2n) is 8.87. The van der Waals surface area contributed by atoms with E-state index in [1.165, 1.54) is 0 Å². The molecule has 3 heterocycles. The number of pyridine rings is 1. The number of amides is 2. The molecule has 0 aliphatic carbocycles. The first kappa shape index (κ1) is 27.0. The van der Waals surface area contributed by atoms with E-state index in [9.17, 15) is 40.3 Å². The molecule has 1 fully saturated rings. The van der Waals surface area contributed by atoms with Crippen molar-refractivity contribution in [3.8, 4) is 0 Å². The maximum atomic E-state index is 14.2. The lowest BCUT2D eigenvalue weighted by Crippen LogP contribution is -2.57. The first-order chi connectivity index (χ1) is 18.1. The molecule has 2 aromatic carbocycles. The van der Waals surface area contributed by atoms with E-state index in [2.05, 4.69) is 15.6 Å². The SMILES string of the molecule is O=C(Nc1cnc(N2CC(F)(F)C2)c2c1C(Cl)(c1cc(F)ccc1Cl)NC2=O)c1cc(F)cc(C(F)(F)F)c1. The number of carbonyl (C=O) groups is 2. The Bertz CT molecular complexity index is 1540. The number of rotatable bonds is 4. The number of benzene rings is 2. The molecule has 0 spiro atoms. The normalized spacial score (nSPS) is 19.8. The predicted octanol–water partition coefficient (Wildman–Crippen LogP) is 5.92. The van der Waals surface area contributed by atoms with Crippen LogP contribution in [0, 0.1) is 11.6 Å². The van der Waals surface area contributed by atoms with Crippen molar-refractivity contribution in [2.24, 2.45) is 0 Å². The fraction of sp³-hybridized carbons (Fsp3) is 0.208. The molecule has 5 rings (SSSR count). The molecule has 2 aliphatic rings. The third-order valence-corrected chi connectivity index (χ3v) is 6.91. The molecule has 15 heteroatoms. The number of nitrogens with zero attached hydrogens (tertiary/aromatic N) is 2. The molecule has 0 radical (unpaired) electrons. The van der Waals surface area contributed by atoms with Crippen LogP contribution in [0.25, 0.3) is 0 Å². The molecule has 2 aliphatic heterocycles. The molecule has 2 amide bonds. The van der Waals surface area contributed by atoms with Crippen molar-refractivity contribution in [3.05, 3.63) is 87.1 Å². The van der Waals surface area contributed by atoms with Crippen LogP contribution in [-0.2, 0) is 11.2 Å². The summed E-state index contributed by atoms with van der Waals surface area (Å²) in [7, 11) is 0. The van der Waals surface area contributed by atoms with Crippen LogP contribution in [-0.4, -0.2) is 35.8 Å². The van der Waals surface area contributed by atoms with Crippen molar-refractivity contribution in [2.45, 2.75) is 17.1 Å². The van der Waals surface area contributed by atoms with Gasteiger partial charge in [0.2, 0.25) is 0 Å². The smallest absolute Gasteiger partial charge is 0.344 e. The Balaban J connectivity index is 1.65. The lowest BCUT2D eigenvalue weighted by molar-refractivity contribution is -0.137. The van der Waals surface area contributed by atoms with E-state index in [0.29, 0.717) is 12.1 Å². The molecule has 6 nitrogen and oxygen atoms in total. The lowest BCUT2D eigenvalue weighted by Gasteiger charge is -2.40. The van der Waals surface area contributed by atoms with Crippen molar-refractivity contribution in [2.75, 3.05) is 23.3 Å². The Morgan fingerprint density at radius 1 is 1.08 bits per heavy atom. The lowest BCUT2D eigenvalue weighted by atomic mass is 9.95. The van der Waals surface area contributed by atoms with Crippen molar-refractivity contribution in [1.82, 2.24) is 10.3 Å². The van der Waals surface area contributed by atoms with E-state index < -0.39 is 64.8 Å². The monoisotopic (exact) mass is 592 g/mol. The summed E-state index contributed by atoms with van der Waals surface area (Å²) in [5, 5.41) is 4.52. The molecule has 0 saturated carbocycles. The van der Waals surface area contributed by atoms with Crippen LogP contribution in [0.15, 0.2) is 42.6 Å². The van der Waals surface area contributed by atoms with E-state index in [1.54, 1.807) is 0 Å². The highest BCUT2D eigenvalue weighted by Gasteiger charge is 2.52. The van der Waals surface area contributed by atoms with E-state index in [4.69, 9.17) is 23.2 Å². The van der Waals surface area contributed by atoms with Gasteiger partial charge in [0.15, 0.2) is 5.00 Å². The molecule has 2 N–H and O–H groups in total. The van der Waals surface area contributed by atoms with Gasteiger partial charge in [-0.15, -0.1) is 0 Å². The van der Waals surface area contributed by atoms with Gasteiger partial charge in [0.1, 0.15) is 17.5 Å². The van der Waals surface area contributed by atoms with Gasteiger partial charge in [0, 0.05) is 21.7 Å². The van der Waals surface area contributed by atoms with Crippen LogP contribution in [0.5, 0.6) is 0 Å². The van der Waals surface area contributed by atoms with Crippen LogP contribution < -0.4 is 15.5 Å². The first-order valence-electron chi connectivity index (χ1n) is 10.9. The summed E-state index contributed by atoms with van der Waals surface area (Å²) in [5.74, 6) is -7.61. The van der Waals surface area contributed by atoms with Crippen LogP contribution in [0.2, 0.25) is 5.02 Å². The summed E-state index contributed by atoms with van der Waals surface area (Å²) < 4.78 is 94.8. The maximum absolute atomic E-state index is 14.2. The second-order valence-corrected chi connectivity index (χ2v) is 9.85. The van der Waals surface area contributed by atoms with Gasteiger partial charge < -0.3 is 15.5 Å². The number of carbonyl (C=O) groups excluding carboxylic acids is 2. The van der Waals surface area contributed by atoms with Gasteiger partial charge in [0.05, 0.1) is 36.1 Å². The molecular formula is C24H13Cl2F7N4O2. The minimum absolute atomic E-state index is 0.120. The Kier molecular flexibility index (Phi) is 6.22. The van der Waals surface area contributed by atoms with Crippen molar-refractivity contribution in [3.63, 3.8) is 0 Å². The highest BCUT2D eigenvalue weighted by atomic mass is 35.5. The molecule has 1 aromatic heterocycles. The molecule has 0 bridgehead atoms. The topological polar surface area (TPSA) is 74.3 Å². The van der Waals surface area contributed by atoms with E-state index >= 15 is 0 Å². The Hall–Kier alpha value is -3.58. The standard InChI is InChI=1S/C24H13Cl2F7N4O2/c25-15-2-1-12(27)6-14(15)23(26)18-16(35-20(38)10-3-11(24(31,32)33)5-13(28)4-10)7-34-19(17(18)21(39)36-23)37-8-22(29,30)9-37/h1-7H,8-9H2,(H,35,38)(H,36,39). The third kappa shape index (κ3) is 4.73. The summed E-state index contributed by atoms with van der Waals surface area (Å²) in [6, 6.07) is 4.21. The van der Waals surface area contributed by atoms with Gasteiger partial charge in [-0.2, -0.15) is 13.2 Å².